The van der Waals surface area contributed by atoms with E-state index in [-0.39, 0.29) is 0 Å². The molecule has 2 heterocycles. The zero-order valence-electron chi connectivity index (χ0n) is 14.6. The first-order valence-electron chi connectivity index (χ1n) is 8.71. The number of ether oxygens (including phenoxy) is 1. The summed E-state index contributed by atoms with van der Waals surface area (Å²) < 4.78 is 5.43. The number of pyridine rings is 1. The lowest BCUT2D eigenvalue weighted by atomic mass is 10.2. The van der Waals surface area contributed by atoms with Gasteiger partial charge in [-0.05, 0) is 48.1 Å². The van der Waals surface area contributed by atoms with Gasteiger partial charge in [-0.2, -0.15) is 0 Å². The Kier molecular flexibility index (Phi) is 7.20. The van der Waals surface area contributed by atoms with E-state index in [9.17, 15) is 0 Å². The molecule has 5 nitrogen and oxygen atoms in total. The first-order chi connectivity index (χ1) is 12.7. The van der Waals surface area contributed by atoms with E-state index in [4.69, 9.17) is 28.6 Å². The highest BCUT2D eigenvalue weighted by molar-refractivity contribution is 7.80. The van der Waals surface area contributed by atoms with E-state index >= 15 is 0 Å². The first kappa shape index (κ1) is 19.0. The molecule has 0 unspecified atom stereocenters. The van der Waals surface area contributed by atoms with E-state index in [1.165, 1.54) is 0 Å². The molecular weight excluding hydrogens is 368 g/mol. The molecule has 1 aromatic carbocycles. The predicted octanol–water partition coefficient (Wildman–Crippen LogP) is 3.27. The standard InChI is InChI=1S/C19H23ClN4OS/c20-17-3-5-18(6-4-17)22-19(26)24(15-16-2-1-7-21-14-16)9-8-23-10-12-25-13-11-23/h1-7,14H,8-13,15H2,(H,22,26). The molecule has 0 atom stereocenters. The summed E-state index contributed by atoms with van der Waals surface area (Å²) in [5.74, 6) is 0. The number of hydrogen-bond donors (Lipinski definition) is 1. The van der Waals surface area contributed by atoms with E-state index in [2.05, 4.69) is 26.2 Å². The fourth-order valence-corrected chi connectivity index (χ4v) is 3.19. The van der Waals surface area contributed by atoms with Crippen LogP contribution in [0.2, 0.25) is 5.02 Å². The van der Waals surface area contributed by atoms with Gasteiger partial charge >= 0.3 is 0 Å². The van der Waals surface area contributed by atoms with Crippen molar-refractivity contribution in [1.82, 2.24) is 14.8 Å². The quantitative estimate of drug-likeness (QED) is 0.763. The summed E-state index contributed by atoms with van der Waals surface area (Å²) in [6, 6.07) is 11.6. The van der Waals surface area contributed by atoms with Crippen LogP contribution in [0.4, 0.5) is 5.69 Å². The third-order valence-corrected chi connectivity index (χ3v) is 4.88. The highest BCUT2D eigenvalue weighted by Crippen LogP contribution is 2.15. The van der Waals surface area contributed by atoms with Crippen LogP contribution in [-0.2, 0) is 11.3 Å². The number of benzene rings is 1. The van der Waals surface area contributed by atoms with Gasteiger partial charge < -0.3 is 15.0 Å². The summed E-state index contributed by atoms with van der Waals surface area (Å²) >= 11 is 11.6. The molecule has 1 aromatic heterocycles. The van der Waals surface area contributed by atoms with Gasteiger partial charge in [0.15, 0.2) is 5.11 Å². The van der Waals surface area contributed by atoms with Crippen LogP contribution < -0.4 is 5.32 Å². The van der Waals surface area contributed by atoms with Crippen LogP contribution in [0.1, 0.15) is 5.56 Å². The van der Waals surface area contributed by atoms with E-state index in [0.717, 1.165) is 57.2 Å². The maximum Gasteiger partial charge on any atom is 0.173 e. The topological polar surface area (TPSA) is 40.6 Å². The molecule has 26 heavy (non-hydrogen) atoms. The number of nitrogens with zero attached hydrogens (tertiary/aromatic N) is 3. The minimum Gasteiger partial charge on any atom is -0.379 e. The Hall–Kier alpha value is -1.73. The molecule has 138 valence electrons. The summed E-state index contributed by atoms with van der Waals surface area (Å²) in [5.41, 5.74) is 2.07. The smallest absolute Gasteiger partial charge is 0.173 e. The molecule has 1 fully saturated rings. The van der Waals surface area contributed by atoms with Gasteiger partial charge in [0.1, 0.15) is 0 Å². The highest BCUT2D eigenvalue weighted by Gasteiger charge is 2.15. The summed E-state index contributed by atoms with van der Waals surface area (Å²) in [5, 5.41) is 4.72. The van der Waals surface area contributed by atoms with Gasteiger partial charge in [0, 0.05) is 55.8 Å². The molecule has 0 saturated carbocycles. The molecule has 1 aliphatic heterocycles. The summed E-state index contributed by atoms with van der Waals surface area (Å²) in [4.78, 5) is 8.79. The summed E-state index contributed by atoms with van der Waals surface area (Å²) in [6.07, 6.45) is 3.67. The van der Waals surface area contributed by atoms with Gasteiger partial charge in [0.05, 0.1) is 13.2 Å². The Bertz CT molecular complexity index is 692. The summed E-state index contributed by atoms with van der Waals surface area (Å²) in [6.45, 7) is 6.06. The van der Waals surface area contributed by atoms with E-state index in [1.807, 2.05) is 36.5 Å². The maximum absolute atomic E-state index is 5.96. The monoisotopic (exact) mass is 390 g/mol. The molecular formula is C19H23ClN4OS. The Labute approximate surface area is 164 Å². The fourth-order valence-electron chi connectivity index (χ4n) is 2.79. The Morgan fingerprint density at radius 2 is 2.00 bits per heavy atom. The zero-order valence-corrected chi connectivity index (χ0v) is 16.2. The number of thiocarbonyl (C=S) groups is 1. The van der Waals surface area contributed by atoms with Crippen LogP contribution >= 0.6 is 23.8 Å². The van der Waals surface area contributed by atoms with Crippen molar-refractivity contribution in [2.24, 2.45) is 0 Å². The normalized spacial score (nSPS) is 14.8. The predicted molar refractivity (Wildman–Crippen MR) is 110 cm³/mol. The number of anilines is 1. The molecule has 2 aromatic rings. The number of aromatic nitrogens is 1. The van der Waals surface area contributed by atoms with Crippen LogP contribution in [0.15, 0.2) is 48.8 Å². The highest BCUT2D eigenvalue weighted by atomic mass is 35.5. The van der Waals surface area contributed by atoms with Crippen LogP contribution in [-0.4, -0.2) is 59.3 Å². The van der Waals surface area contributed by atoms with Crippen molar-refractivity contribution < 1.29 is 4.74 Å². The second-order valence-corrected chi connectivity index (χ2v) is 7.00. The van der Waals surface area contributed by atoms with Crippen molar-refractivity contribution in [1.29, 1.82) is 0 Å². The van der Waals surface area contributed by atoms with Crippen molar-refractivity contribution in [2.75, 3.05) is 44.7 Å². The van der Waals surface area contributed by atoms with E-state index in [0.29, 0.717) is 10.1 Å². The van der Waals surface area contributed by atoms with Crippen molar-refractivity contribution in [3.8, 4) is 0 Å². The molecule has 0 aliphatic carbocycles. The molecule has 3 rings (SSSR count). The third kappa shape index (κ3) is 5.92. The van der Waals surface area contributed by atoms with Gasteiger partial charge in [-0.1, -0.05) is 17.7 Å². The lowest BCUT2D eigenvalue weighted by Gasteiger charge is -2.31. The maximum atomic E-state index is 5.96. The first-order valence-corrected chi connectivity index (χ1v) is 9.50. The van der Waals surface area contributed by atoms with Crippen molar-refractivity contribution in [3.05, 3.63) is 59.4 Å². The number of nitrogens with one attached hydrogen (secondary N) is 1. The van der Waals surface area contributed by atoms with Crippen LogP contribution in [0.5, 0.6) is 0 Å². The fraction of sp³-hybridized carbons (Fsp3) is 0.368. The van der Waals surface area contributed by atoms with Crippen LogP contribution in [0, 0.1) is 0 Å². The largest absolute Gasteiger partial charge is 0.379 e. The molecule has 7 heteroatoms. The minimum absolute atomic E-state index is 0.699. The van der Waals surface area contributed by atoms with Gasteiger partial charge in [-0.3, -0.25) is 9.88 Å². The molecule has 0 spiro atoms. The molecule has 1 saturated heterocycles. The van der Waals surface area contributed by atoms with Crippen LogP contribution in [0.3, 0.4) is 0 Å². The van der Waals surface area contributed by atoms with Gasteiger partial charge in [-0.15, -0.1) is 0 Å². The number of hydrogen-bond acceptors (Lipinski definition) is 4. The second kappa shape index (κ2) is 9.83. The average Bonchev–Trinajstić information content (AvgIpc) is 2.68. The Morgan fingerprint density at radius 1 is 1.23 bits per heavy atom. The third-order valence-electron chi connectivity index (χ3n) is 4.27. The van der Waals surface area contributed by atoms with Gasteiger partial charge in [0.25, 0.3) is 0 Å². The zero-order chi connectivity index (χ0) is 18.2. The number of halogens is 1. The molecule has 1 aliphatic rings. The van der Waals surface area contributed by atoms with Crippen molar-refractivity contribution in [3.63, 3.8) is 0 Å². The second-order valence-electron chi connectivity index (χ2n) is 6.17. The average molecular weight is 391 g/mol. The molecule has 1 N–H and O–H groups in total. The number of morpholine rings is 1. The van der Waals surface area contributed by atoms with Gasteiger partial charge in [0.2, 0.25) is 0 Å². The van der Waals surface area contributed by atoms with E-state index < -0.39 is 0 Å². The SMILES string of the molecule is S=C(Nc1ccc(Cl)cc1)N(CCN1CCOCC1)Cc1cccnc1. The number of rotatable bonds is 6. The molecule has 0 bridgehead atoms. The lowest BCUT2D eigenvalue weighted by Crippen LogP contribution is -2.43. The molecule has 0 radical (unpaired) electrons. The molecule has 0 amide bonds. The van der Waals surface area contributed by atoms with Crippen LogP contribution in [0.25, 0.3) is 0 Å². The van der Waals surface area contributed by atoms with Crippen molar-refractivity contribution in [2.45, 2.75) is 6.54 Å². The Morgan fingerprint density at radius 3 is 2.69 bits per heavy atom. The van der Waals surface area contributed by atoms with Gasteiger partial charge in [-0.25, -0.2) is 0 Å². The lowest BCUT2D eigenvalue weighted by molar-refractivity contribution is 0.0358. The summed E-state index contributed by atoms with van der Waals surface area (Å²) in [7, 11) is 0. The minimum atomic E-state index is 0.699. The van der Waals surface area contributed by atoms with E-state index in [1.54, 1.807) is 6.20 Å². The van der Waals surface area contributed by atoms with Crippen molar-refractivity contribution >= 4 is 34.6 Å². The Balaban J connectivity index is 1.64.